The largest absolute Gasteiger partial charge is 0.480 e. The maximum Gasteiger partial charge on any atom is 0.259 e. The summed E-state index contributed by atoms with van der Waals surface area (Å²) >= 11 is 0. The number of pyridine rings is 1. The molecule has 34 heavy (non-hydrogen) atoms. The lowest BCUT2D eigenvalue weighted by Gasteiger charge is -2.25. The Hall–Kier alpha value is -4.04. The number of carbonyl (C=O) groups excluding carboxylic acids is 1. The van der Waals surface area contributed by atoms with E-state index in [4.69, 9.17) is 14.7 Å². The number of likely N-dealkylation sites (N-methyl/N-ethyl adjacent to an activating group) is 1. The van der Waals surface area contributed by atoms with E-state index in [9.17, 15) is 4.79 Å². The van der Waals surface area contributed by atoms with E-state index in [1.54, 1.807) is 18.2 Å². The summed E-state index contributed by atoms with van der Waals surface area (Å²) in [6, 6.07) is 15.6. The Kier molecular flexibility index (Phi) is 4.88. The first-order chi connectivity index (χ1) is 16.6. The zero-order valence-corrected chi connectivity index (χ0v) is 19.1. The summed E-state index contributed by atoms with van der Waals surface area (Å²) in [5, 5.41) is 4.16. The number of nitrogens with zero attached hydrogens (tertiary/aromatic N) is 5. The fraction of sp³-hybridized carbons (Fsp3) is 0.231. The smallest absolute Gasteiger partial charge is 0.259 e. The number of anilines is 3. The molecule has 8 heteroatoms. The molecule has 0 fully saturated rings. The fourth-order valence-electron chi connectivity index (χ4n) is 4.73. The van der Waals surface area contributed by atoms with Crippen LogP contribution in [-0.2, 0) is 19.5 Å². The molecule has 0 saturated carbocycles. The van der Waals surface area contributed by atoms with Gasteiger partial charge in [-0.3, -0.25) is 4.79 Å². The molecular formula is C26H24N6O2. The van der Waals surface area contributed by atoms with Gasteiger partial charge in [0, 0.05) is 36.7 Å². The van der Waals surface area contributed by atoms with Crippen molar-refractivity contribution in [1.82, 2.24) is 19.9 Å². The van der Waals surface area contributed by atoms with E-state index in [0.29, 0.717) is 23.9 Å². The number of ether oxygens (including phenoxy) is 1. The van der Waals surface area contributed by atoms with Gasteiger partial charge in [-0.05, 0) is 36.4 Å². The summed E-state index contributed by atoms with van der Waals surface area (Å²) in [4.78, 5) is 31.2. The van der Waals surface area contributed by atoms with Crippen molar-refractivity contribution < 1.29 is 9.53 Å². The molecular weight excluding hydrogens is 428 g/mol. The zero-order valence-electron chi connectivity index (χ0n) is 19.1. The third-order valence-corrected chi connectivity index (χ3v) is 6.47. The van der Waals surface area contributed by atoms with Crippen molar-refractivity contribution in [1.29, 1.82) is 0 Å². The van der Waals surface area contributed by atoms with E-state index in [1.165, 1.54) is 5.56 Å². The second-order valence-electron chi connectivity index (χ2n) is 8.72. The molecule has 6 rings (SSSR count). The Morgan fingerprint density at radius 2 is 1.91 bits per heavy atom. The van der Waals surface area contributed by atoms with Gasteiger partial charge in [0.15, 0.2) is 0 Å². The van der Waals surface area contributed by atoms with Crippen molar-refractivity contribution in [2.24, 2.45) is 0 Å². The van der Waals surface area contributed by atoms with Crippen LogP contribution in [0.15, 0.2) is 54.7 Å². The van der Waals surface area contributed by atoms with Crippen molar-refractivity contribution in [3.05, 3.63) is 77.1 Å². The number of rotatable bonds is 4. The van der Waals surface area contributed by atoms with E-state index in [0.717, 1.165) is 53.1 Å². The number of benzene rings is 2. The van der Waals surface area contributed by atoms with Gasteiger partial charge in [0.2, 0.25) is 11.8 Å². The lowest BCUT2D eigenvalue weighted by Crippen LogP contribution is -2.27. The first-order valence-corrected chi connectivity index (χ1v) is 11.3. The molecule has 2 aliphatic rings. The Morgan fingerprint density at radius 3 is 2.76 bits per heavy atom. The summed E-state index contributed by atoms with van der Waals surface area (Å²) in [7, 11) is 3.72. The first-order valence-electron chi connectivity index (χ1n) is 11.3. The predicted octanol–water partition coefficient (Wildman–Crippen LogP) is 3.93. The van der Waals surface area contributed by atoms with Gasteiger partial charge in [-0.25, -0.2) is 15.0 Å². The zero-order chi connectivity index (χ0) is 23.2. The van der Waals surface area contributed by atoms with Crippen molar-refractivity contribution in [3.63, 3.8) is 0 Å². The first kappa shape index (κ1) is 20.6. The van der Waals surface area contributed by atoms with Crippen LogP contribution in [-0.4, -0.2) is 46.5 Å². The van der Waals surface area contributed by atoms with Crippen LogP contribution < -0.4 is 15.0 Å². The molecule has 1 N–H and O–H groups in total. The van der Waals surface area contributed by atoms with E-state index < -0.39 is 0 Å². The average Bonchev–Trinajstić information content (AvgIpc) is 3.19. The van der Waals surface area contributed by atoms with E-state index >= 15 is 0 Å². The van der Waals surface area contributed by atoms with E-state index in [-0.39, 0.29) is 5.91 Å². The number of carbonyl (C=O) groups is 1. The number of hydrogen-bond donors (Lipinski definition) is 1. The molecule has 0 bridgehead atoms. The maximum atomic E-state index is 13.1. The third kappa shape index (κ3) is 3.43. The highest BCUT2D eigenvalue weighted by Gasteiger charge is 2.29. The minimum absolute atomic E-state index is 0.0131. The monoisotopic (exact) mass is 452 g/mol. The summed E-state index contributed by atoms with van der Waals surface area (Å²) in [5.74, 6) is 0.930. The topological polar surface area (TPSA) is 83.5 Å². The highest BCUT2D eigenvalue weighted by molar-refractivity contribution is 6.13. The van der Waals surface area contributed by atoms with Gasteiger partial charge in [-0.1, -0.05) is 30.3 Å². The van der Waals surface area contributed by atoms with Crippen molar-refractivity contribution in [3.8, 4) is 5.88 Å². The van der Waals surface area contributed by atoms with Crippen molar-refractivity contribution in [2.75, 3.05) is 30.9 Å². The molecule has 8 nitrogen and oxygen atoms in total. The molecule has 0 atom stereocenters. The van der Waals surface area contributed by atoms with Crippen LogP contribution in [0, 0.1) is 0 Å². The fourth-order valence-corrected chi connectivity index (χ4v) is 4.73. The van der Waals surface area contributed by atoms with Gasteiger partial charge in [0.05, 0.1) is 30.6 Å². The number of fused-ring (bicyclic) bond motifs is 3. The van der Waals surface area contributed by atoms with Crippen molar-refractivity contribution >= 4 is 34.1 Å². The van der Waals surface area contributed by atoms with E-state index in [1.807, 2.05) is 42.5 Å². The van der Waals surface area contributed by atoms with Gasteiger partial charge in [-0.15, -0.1) is 0 Å². The highest BCUT2D eigenvalue weighted by atomic mass is 16.5. The molecule has 4 heterocycles. The normalized spacial score (nSPS) is 15.4. The Morgan fingerprint density at radius 1 is 1.03 bits per heavy atom. The van der Waals surface area contributed by atoms with Crippen LogP contribution in [0.1, 0.15) is 27.2 Å². The summed E-state index contributed by atoms with van der Waals surface area (Å²) in [6.07, 6.45) is 2.67. The average molecular weight is 453 g/mol. The van der Waals surface area contributed by atoms with Gasteiger partial charge in [-0.2, -0.15) is 0 Å². The Balaban J connectivity index is 1.38. The highest BCUT2D eigenvalue weighted by Crippen LogP contribution is 2.34. The number of amides is 1. The van der Waals surface area contributed by atoms with Crippen LogP contribution in [0.5, 0.6) is 5.88 Å². The minimum atomic E-state index is -0.0131. The molecule has 4 aromatic rings. The lowest BCUT2D eigenvalue weighted by atomic mass is 10.1. The molecule has 0 saturated heterocycles. The second kappa shape index (κ2) is 8.07. The van der Waals surface area contributed by atoms with Crippen LogP contribution >= 0.6 is 0 Å². The van der Waals surface area contributed by atoms with Gasteiger partial charge in [0.25, 0.3) is 5.91 Å². The number of methoxy groups -OCH3 is 1. The minimum Gasteiger partial charge on any atom is -0.480 e. The molecule has 2 aromatic carbocycles. The Bertz CT molecular complexity index is 1440. The van der Waals surface area contributed by atoms with Crippen LogP contribution in [0.4, 0.5) is 17.3 Å². The van der Waals surface area contributed by atoms with Crippen molar-refractivity contribution in [2.45, 2.75) is 19.5 Å². The van der Waals surface area contributed by atoms with Crippen LogP contribution in [0.25, 0.3) is 10.9 Å². The molecule has 0 radical (unpaired) electrons. The number of aromatic nitrogens is 3. The summed E-state index contributed by atoms with van der Waals surface area (Å²) in [5.41, 5.74) is 6.19. The molecule has 170 valence electrons. The quantitative estimate of drug-likeness (QED) is 0.502. The molecule has 1 amide bonds. The molecule has 2 aromatic heterocycles. The van der Waals surface area contributed by atoms with Gasteiger partial charge >= 0.3 is 0 Å². The van der Waals surface area contributed by atoms with Crippen LogP contribution in [0.2, 0.25) is 0 Å². The van der Waals surface area contributed by atoms with Crippen LogP contribution in [0.3, 0.4) is 0 Å². The van der Waals surface area contributed by atoms with Gasteiger partial charge < -0.3 is 19.9 Å². The third-order valence-electron chi connectivity index (χ3n) is 6.47. The molecule has 0 aliphatic carbocycles. The SMILES string of the molecule is COc1nc2c(cc1Nc1ncc3cccc(N4Cc5ccccc5C4=O)c3n1)CN(C)CC2. The number of hydrogen-bond acceptors (Lipinski definition) is 7. The number of para-hydroxylation sites is 1. The maximum absolute atomic E-state index is 13.1. The summed E-state index contributed by atoms with van der Waals surface area (Å²) in [6.45, 7) is 2.34. The molecule has 0 unspecified atom stereocenters. The van der Waals surface area contributed by atoms with E-state index in [2.05, 4.69) is 28.3 Å². The molecule has 0 spiro atoms. The lowest BCUT2D eigenvalue weighted by molar-refractivity contribution is 0.0997. The second-order valence-corrected chi connectivity index (χ2v) is 8.72. The van der Waals surface area contributed by atoms with Gasteiger partial charge in [0.1, 0.15) is 5.69 Å². The summed E-state index contributed by atoms with van der Waals surface area (Å²) < 4.78 is 5.56. The standard InChI is InChI=1S/C26H24N6O2/c1-31-11-10-20-18(14-31)12-21(24(28-20)34-2)29-26-27-13-16-7-5-9-22(23(16)30-26)32-15-17-6-3-4-8-19(17)25(32)33/h3-9,12-13H,10-11,14-15H2,1-2H3,(H,27,29,30). The number of nitrogens with one attached hydrogen (secondary N) is 1. The predicted molar refractivity (Wildman–Crippen MR) is 131 cm³/mol. The Labute approximate surface area is 197 Å². The molecule has 2 aliphatic heterocycles.